The third kappa shape index (κ3) is 5.40. The van der Waals surface area contributed by atoms with E-state index < -0.39 is 5.97 Å². The molecule has 0 amide bonds. The third-order valence-electron chi connectivity index (χ3n) is 2.60. The van der Waals surface area contributed by atoms with Gasteiger partial charge < -0.3 is 5.11 Å². The van der Waals surface area contributed by atoms with Crippen LogP contribution in [-0.4, -0.2) is 52.4 Å². The van der Waals surface area contributed by atoms with Crippen LogP contribution in [0.1, 0.15) is 25.8 Å². The maximum absolute atomic E-state index is 9.37. The molecule has 100 valence electrons. The average Bonchev–Trinajstić information content (AvgIpc) is 2.83. The molecule has 19 heavy (non-hydrogen) atoms. The molecule has 1 aromatic rings. The van der Waals surface area contributed by atoms with Crippen molar-refractivity contribution in [3.63, 3.8) is 0 Å². The number of benzene rings is 1. The summed E-state index contributed by atoms with van der Waals surface area (Å²) in [5.41, 5.74) is 1.22. The summed E-state index contributed by atoms with van der Waals surface area (Å²) in [6.45, 7) is 5.36. The monoisotopic (exact) mass is 276 g/mol. The van der Waals surface area contributed by atoms with E-state index in [1.165, 1.54) is 8.38 Å². The zero-order chi connectivity index (χ0) is 14.3. The fourth-order valence-electron chi connectivity index (χ4n) is 1.45. The number of hydrogen-bond donors (Lipinski definition) is 1. The normalized spacial score (nSPS) is 11.8. The second-order valence-corrected chi connectivity index (χ2v) is 5.09. The zero-order valence-corrected chi connectivity index (χ0v) is 13.6. The van der Waals surface area contributed by atoms with Crippen molar-refractivity contribution in [2.24, 2.45) is 0 Å². The Morgan fingerprint density at radius 1 is 1.37 bits per heavy atom. The molecule has 5 nitrogen and oxygen atoms in total. The van der Waals surface area contributed by atoms with E-state index in [2.05, 4.69) is 6.07 Å². The van der Waals surface area contributed by atoms with Crippen LogP contribution in [0, 0.1) is 0 Å². The summed E-state index contributed by atoms with van der Waals surface area (Å²) >= 11 is 1.01. The zero-order valence-electron chi connectivity index (χ0n) is 11.6. The van der Waals surface area contributed by atoms with Gasteiger partial charge in [0.25, 0.3) is 0 Å². The molecule has 0 atom stereocenters. The van der Waals surface area contributed by atoms with Crippen LogP contribution in [0.4, 0.5) is 0 Å². The summed E-state index contributed by atoms with van der Waals surface area (Å²) in [4.78, 5) is 9.37. The number of aliphatic carboxylic acids is 1. The molecule has 1 aliphatic heterocycles. The molecule has 1 aliphatic rings. The van der Waals surface area contributed by atoms with Gasteiger partial charge in [-0.1, -0.05) is 6.92 Å². The van der Waals surface area contributed by atoms with Crippen molar-refractivity contribution < 1.29 is 24.1 Å². The quantitative estimate of drug-likeness (QED) is 0.838. The van der Waals surface area contributed by atoms with Crippen LogP contribution in [0.15, 0.2) is 12.1 Å². The van der Waals surface area contributed by atoms with Gasteiger partial charge in [0.2, 0.25) is 0 Å². The molecule has 0 aliphatic carbocycles. The van der Waals surface area contributed by atoms with Gasteiger partial charge >= 0.3 is 107 Å². The molecule has 0 unspecified atom stereocenters. The van der Waals surface area contributed by atoms with E-state index >= 15 is 0 Å². The summed E-state index contributed by atoms with van der Waals surface area (Å²) in [6.07, 6.45) is 0.222. The molecule has 2 rings (SSSR count). The van der Waals surface area contributed by atoms with Gasteiger partial charge in [-0.2, -0.15) is 0 Å². The molecular formula is C13H17NaO5. The fraction of sp³-hybridized carbons (Fsp3) is 0.462. The molecule has 0 radical (unpaired) electrons. The van der Waals surface area contributed by atoms with E-state index in [-0.39, 0.29) is 6.42 Å². The molecule has 6 heteroatoms. The third-order valence-corrected chi connectivity index (χ3v) is 3.53. The van der Waals surface area contributed by atoms with Crippen molar-refractivity contribution in [3.8, 4) is 11.5 Å². The van der Waals surface area contributed by atoms with E-state index in [9.17, 15) is 4.79 Å². The molecule has 0 aromatic heterocycles. The number of carbonyl (C=O) groups is 1. The molecule has 0 fully saturated rings. The van der Waals surface area contributed by atoms with Crippen molar-refractivity contribution in [2.75, 3.05) is 13.4 Å². The molecule has 0 spiro atoms. The number of carboxylic acid groups (broad SMARTS) is 1. The van der Waals surface area contributed by atoms with Gasteiger partial charge in [0, 0.05) is 6.42 Å². The van der Waals surface area contributed by atoms with Crippen molar-refractivity contribution in [2.45, 2.75) is 26.9 Å². The number of carboxylic acids is 1. The molecule has 1 heterocycles. The Balaban J connectivity index is 0.000000312. The molecule has 0 saturated heterocycles. The molecular weight excluding hydrogens is 259 g/mol. The van der Waals surface area contributed by atoms with Crippen LogP contribution >= 0.6 is 0 Å². The van der Waals surface area contributed by atoms with E-state index in [1.54, 1.807) is 6.92 Å². The van der Waals surface area contributed by atoms with Crippen molar-refractivity contribution in [1.82, 2.24) is 0 Å². The topological polar surface area (TPSA) is 65.0 Å². The van der Waals surface area contributed by atoms with Crippen molar-refractivity contribution in [1.29, 1.82) is 0 Å². The SMILES string of the molecule is CCC(=O)O.CCOCc1cc2c(c[c]1[Na])OCO2. The maximum atomic E-state index is 9.37. The van der Waals surface area contributed by atoms with Gasteiger partial charge in [0.05, 0.1) is 0 Å². The Bertz CT molecular complexity index is 433. The Kier molecular flexibility index (Phi) is 7.23. The number of ether oxygens (including phenoxy) is 3. The van der Waals surface area contributed by atoms with Gasteiger partial charge in [0.1, 0.15) is 0 Å². The van der Waals surface area contributed by atoms with Crippen LogP contribution in [-0.2, 0) is 16.1 Å². The Hall–Kier alpha value is -0.750. The van der Waals surface area contributed by atoms with E-state index in [4.69, 9.17) is 19.3 Å². The summed E-state index contributed by atoms with van der Waals surface area (Å²) in [6, 6.07) is 4.09. The summed E-state index contributed by atoms with van der Waals surface area (Å²) in [5, 5.41) is 7.72. The summed E-state index contributed by atoms with van der Waals surface area (Å²) in [5.74, 6) is 0.972. The number of fused-ring (bicyclic) bond motifs is 1. The minimum atomic E-state index is -0.745. The van der Waals surface area contributed by atoms with Gasteiger partial charge in [0.15, 0.2) is 0 Å². The first-order valence-electron chi connectivity index (χ1n) is 6.27. The Morgan fingerprint density at radius 3 is 2.47 bits per heavy atom. The van der Waals surface area contributed by atoms with Crippen molar-refractivity contribution in [3.05, 3.63) is 17.7 Å². The standard InChI is InChI=1S/C10H11O3.C3H6O2.Na/c1-2-11-6-8-3-4-9-10(5-8)13-7-12-9;1-2-3(4)5;/h4-5H,2,6-7H2,1H3;2H2,1H3,(H,4,5);. The fourth-order valence-corrected chi connectivity index (χ4v) is 2.00. The second-order valence-electron chi connectivity index (χ2n) is 4.02. The summed E-state index contributed by atoms with van der Waals surface area (Å²) < 4.78 is 17.3. The van der Waals surface area contributed by atoms with Gasteiger partial charge in [-0.15, -0.1) is 0 Å². The summed E-state index contributed by atoms with van der Waals surface area (Å²) in [7, 11) is 0. The number of hydrogen-bond acceptors (Lipinski definition) is 4. The predicted molar refractivity (Wildman–Crippen MR) is 71.2 cm³/mol. The molecule has 0 saturated carbocycles. The average molecular weight is 276 g/mol. The second kappa shape index (κ2) is 8.43. The molecule has 1 N–H and O–H groups in total. The van der Waals surface area contributed by atoms with Gasteiger partial charge in [-0.25, -0.2) is 0 Å². The Morgan fingerprint density at radius 2 is 1.95 bits per heavy atom. The Labute approximate surface area is 130 Å². The van der Waals surface area contributed by atoms with Crippen LogP contribution in [0.5, 0.6) is 11.5 Å². The predicted octanol–water partition coefficient (Wildman–Crippen LogP) is 1.23. The van der Waals surface area contributed by atoms with Gasteiger partial charge in [-0.3, -0.25) is 4.79 Å². The minimum absolute atomic E-state index is 0.222. The van der Waals surface area contributed by atoms with E-state index in [1.807, 2.05) is 13.0 Å². The number of rotatable bonds is 4. The van der Waals surface area contributed by atoms with E-state index in [0.29, 0.717) is 13.4 Å². The van der Waals surface area contributed by atoms with Crippen LogP contribution in [0.2, 0.25) is 0 Å². The van der Waals surface area contributed by atoms with Crippen LogP contribution < -0.4 is 12.3 Å². The van der Waals surface area contributed by atoms with E-state index in [0.717, 1.165) is 46.0 Å². The molecule has 1 aromatic carbocycles. The molecule has 0 bridgehead atoms. The first kappa shape index (κ1) is 16.3. The van der Waals surface area contributed by atoms with Gasteiger partial charge in [-0.05, 0) is 0 Å². The van der Waals surface area contributed by atoms with Crippen LogP contribution in [0.3, 0.4) is 0 Å². The first-order valence-corrected chi connectivity index (χ1v) is 7.27. The van der Waals surface area contributed by atoms with Crippen LogP contribution in [0.25, 0.3) is 0 Å². The first-order chi connectivity index (χ1) is 9.08. The van der Waals surface area contributed by atoms with Crippen molar-refractivity contribution >= 4 is 36.7 Å².